The number of ether oxygens (including phenoxy) is 1. The maximum Gasteiger partial charge on any atom is 0.266 e. The number of fused-ring (bicyclic) bond motifs is 1. The number of benzene rings is 2. The van der Waals surface area contributed by atoms with E-state index in [9.17, 15) is 4.79 Å². The largest absolute Gasteiger partial charge is 0.378 e. The number of aryl methyl sites for hydroxylation is 1. The lowest BCUT2D eigenvalue weighted by Gasteiger charge is -2.26. The molecule has 0 unspecified atom stereocenters. The molecule has 3 heterocycles. The van der Waals surface area contributed by atoms with Gasteiger partial charge in [0.05, 0.1) is 23.8 Å². The highest BCUT2D eigenvalue weighted by Gasteiger charge is 2.17. The van der Waals surface area contributed by atoms with Gasteiger partial charge >= 0.3 is 0 Å². The zero-order chi connectivity index (χ0) is 20.5. The number of nitrogens with one attached hydrogen (secondary N) is 1. The van der Waals surface area contributed by atoms with E-state index in [-0.39, 0.29) is 5.91 Å². The Morgan fingerprint density at radius 2 is 1.87 bits per heavy atom. The number of anilines is 2. The first-order chi connectivity index (χ1) is 14.7. The molecule has 4 aromatic rings. The van der Waals surface area contributed by atoms with Crippen molar-refractivity contribution < 1.29 is 9.53 Å². The summed E-state index contributed by atoms with van der Waals surface area (Å²) in [7, 11) is 0. The van der Waals surface area contributed by atoms with Crippen molar-refractivity contribution in [2.75, 3.05) is 36.5 Å². The van der Waals surface area contributed by atoms with E-state index in [1.165, 1.54) is 11.3 Å². The molecule has 1 aliphatic heterocycles. The molecule has 0 saturated carbocycles. The second kappa shape index (κ2) is 8.18. The van der Waals surface area contributed by atoms with E-state index in [0.29, 0.717) is 0 Å². The summed E-state index contributed by atoms with van der Waals surface area (Å²) in [6.07, 6.45) is 0. The van der Waals surface area contributed by atoms with Crippen molar-refractivity contribution in [2.24, 2.45) is 0 Å². The summed E-state index contributed by atoms with van der Waals surface area (Å²) in [5.41, 5.74) is 3.81. The fraction of sp³-hybridized carbons (Fsp3) is 0.217. The smallest absolute Gasteiger partial charge is 0.266 e. The van der Waals surface area contributed by atoms with E-state index in [1.807, 2.05) is 43.3 Å². The number of rotatable bonds is 4. The second-order valence-electron chi connectivity index (χ2n) is 7.20. The monoisotopic (exact) mass is 435 g/mol. The van der Waals surface area contributed by atoms with Crippen LogP contribution in [0.5, 0.6) is 0 Å². The fourth-order valence-electron chi connectivity index (χ4n) is 3.60. The Balaban J connectivity index is 1.31. The number of thiazole rings is 1. The van der Waals surface area contributed by atoms with Crippen LogP contribution in [0.1, 0.15) is 15.2 Å². The van der Waals surface area contributed by atoms with Gasteiger partial charge in [-0.1, -0.05) is 30.3 Å². The highest BCUT2D eigenvalue weighted by molar-refractivity contribution is 7.21. The molecule has 0 radical (unpaired) electrons. The average molecular weight is 436 g/mol. The summed E-state index contributed by atoms with van der Waals surface area (Å²) in [6, 6.07) is 16.0. The van der Waals surface area contributed by atoms with Gasteiger partial charge < -0.3 is 15.0 Å². The van der Waals surface area contributed by atoms with Crippen molar-refractivity contribution in [2.45, 2.75) is 6.92 Å². The third-order valence-corrected chi connectivity index (χ3v) is 7.44. The zero-order valence-corrected chi connectivity index (χ0v) is 18.2. The van der Waals surface area contributed by atoms with E-state index in [0.717, 1.165) is 68.9 Å². The van der Waals surface area contributed by atoms with Crippen LogP contribution in [0.2, 0.25) is 0 Å². The molecule has 0 aliphatic carbocycles. The molecule has 5 rings (SSSR count). The SMILES string of the molecule is Cc1c(C(=O)Nc2ccc(-c3csc(N4CCOCC4)n3)cc2)sc2ccccc12. The van der Waals surface area contributed by atoms with Gasteiger partial charge in [-0.25, -0.2) is 4.98 Å². The molecular weight excluding hydrogens is 414 g/mol. The lowest BCUT2D eigenvalue weighted by molar-refractivity contribution is 0.103. The molecule has 2 aromatic carbocycles. The molecule has 1 aliphatic rings. The number of hydrogen-bond acceptors (Lipinski definition) is 6. The first-order valence-electron chi connectivity index (χ1n) is 9.87. The average Bonchev–Trinajstić information content (AvgIpc) is 3.41. The molecule has 5 nitrogen and oxygen atoms in total. The van der Waals surface area contributed by atoms with Crippen LogP contribution in [-0.2, 0) is 4.74 Å². The van der Waals surface area contributed by atoms with Crippen molar-refractivity contribution in [3.8, 4) is 11.3 Å². The van der Waals surface area contributed by atoms with Gasteiger partial charge in [0.1, 0.15) is 0 Å². The maximum atomic E-state index is 12.8. The van der Waals surface area contributed by atoms with Crippen molar-refractivity contribution in [1.29, 1.82) is 0 Å². The van der Waals surface area contributed by atoms with Crippen LogP contribution < -0.4 is 10.2 Å². The van der Waals surface area contributed by atoms with Crippen LogP contribution in [-0.4, -0.2) is 37.2 Å². The van der Waals surface area contributed by atoms with Gasteiger partial charge in [-0.2, -0.15) is 0 Å². The Morgan fingerprint density at radius 3 is 2.63 bits per heavy atom. The minimum Gasteiger partial charge on any atom is -0.378 e. The first kappa shape index (κ1) is 19.2. The predicted molar refractivity (Wildman–Crippen MR) is 125 cm³/mol. The number of amides is 1. The van der Waals surface area contributed by atoms with Gasteiger partial charge in [0.2, 0.25) is 0 Å². The normalized spacial score (nSPS) is 14.2. The third-order valence-electron chi connectivity index (χ3n) is 5.26. The van der Waals surface area contributed by atoms with Crippen LogP contribution in [0.25, 0.3) is 21.3 Å². The van der Waals surface area contributed by atoms with Gasteiger partial charge in [0.15, 0.2) is 5.13 Å². The van der Waals surface area contributed by atoms with E-state index in [1.54, 1.807) is 11.3 Å². The summed E-state index contributed by atoms with van der Waals surface area (Å²) in [5.74, 6) is -0.0651. The number of hydrogen-bond donors (Lipinski definition) is 1. The van der Waals surface area contributed by atoms with Gasteiger partial charge in [0, 0.05) is 34.4 Å². The second-order valence-corrected chi connectivity index (χ2v) is 9.09. The number of carbonyl (C=O) groups is 1. The molecule has 30 heavy (non-hydrogen) atoms. The molecule has 2 aromatic heterocycles. The lowest BCUT2D eigenvalue weighted by atomic mass is 10.1. The van der Waals surface area contributed by atoms with E-state index >= 15 is 0 Å². The highest BCUT2D eigenvalue weighted by atomic mass is 32.1. The number of aromatic nitrogens is 1. The number of morpholine rings is 1. The predicted octanol–water partition coefficient (Wildman–Crippen LogP) is 5.42. The van der Waals surface area contributed by atoms with Crippen molar-refractivity contribution in [3.63, 3.8) is 0 Å². The van der Waals surface area contributed by atoms with Crippen molar-refractivity contribution in [1.82, 2.24) is 4.98 Å². The molecular formula is C23H21N3O2S2. The molecule has 1 amide bonds. The standard InChI is InChI=1S/C23H21N3O2S2/c1-15-18-4-2-3-5-20(18)30-21(15)22(27)24-17-8-6-16(7-9-17)19-14-29-23(25-19)26-10-12-28-13-11-26/h2-9,14H,10-13H2,1H3,(H,24,27). The Hall–Kier alpha value is -2.74. The quantitative estimate of drug-likeness (QED) is 0.465. The highest BCUT2D eigenvalue weighted by Crippen LogP contribution is 2.32. The number of thiophene rings is 1. The molecule has 0 spiro atoms. The third kappa shape index (κ3) is 3.71. The van der Waals surface area contributed by atoms with Crippen LogP contribution >= 0.6 is 22.7 Å². The summed E-state index contributed by atoms with van der Waals surface area (Å²) < 4.78 is 6.55. The molecule has 1 fully saturated rings. The Kier molecular flexibility index (Phi) is 5.25. The minimum atomic E-state index is -0.0651. The van der Waals surface area contributed by atoms with E-state index in [4.69, 9.17) is 9.72 Å². The van der Waals surface area contributed by atoms with Crippen molar-refractivity contribution in [3.05, 3.63) is 64.4 Å². The molecule has 1 N–H and O–H groups in total. The van der Waals surface area contributed by atoms with Crippen LogP contribution in [0.15, 0.2) is 53.9 Å². The Labute approximate surface area is 182 Å². The summed E-state index contributed by atoms with van der Waals surface area (Å²) in [4.78, 5) is 20.6. The summed E-state index contributed by atoms with van der Waals surface area (Å²) in [5, 5.41) is 7.28. The zero-order valence-electron chi connectivity index (χ0n) is 16.6. The maximum absolute atomic E-state index is 12.8. The van der Waals surface area contributed by atoms with Crippen LogP contribution in [0, 0.1) is 6.92 Å². The summed E-state index contributed by atoms with van der Waals surface area (Å²) in [6.45, 7) is 5.28. The molecule has 1 saturated heterocycles. The van der Waals surface area contributed by atoms with Gasteiger partial charge in [-0.15, -0.1) is 22.7 Å². The van der Waals surface area contributed by atoms with E-state index < -0.39 is 0 Å². The van der Waals surface area contributed by atoms with Gasteiger partial charge in [0.25, 0.3) is 5.91 Å². The lowest BCUT2D eigenvalue weighted by Crippen LogP contribution is -2.36. The van der Waals surface area contributed by atoms with E-state index in [2.05, 4.69) is 27.7 Å². The Morgan fingerprint density at radius 1 is 1.10 bits per heavy atom. The topological polar surface area (TPSA) is 54.5 Å². The van der Waals surface area contributed by atoms with Crippen molar-refractivity contribution >= 4 is 49.5 Å². The molecule has 7 heteroatoms. The number of nitrogens with zero attached hydrogens (tertiary/aromatic N) is 2. The van der Waals surface area contributed by atoms with Crippen LogP contribution in [0.4, 0.5) is 10.8 Å². The van der Waals surface area contributed by atoms with Gasteiger partial charge in [-0.05, 0) is 36.1 Å². The minimum absolute atomic E-state index is 0.0651. The Bertz CT molecular complexity index is 1190. The van der Waals surface area contributed by atoms with Crippen LogP contribution in [0.3, 0.4) is 0 Å². The van der Waals surface area contributed by atoms with Gasteiger partial charge in [-0.3, -0.25) is 4.79 Å². The number of carbonyl (C=O) groups excluding carboxylic acids is 1. The first-order valence-corrected chi connectivity index (χ1v) is 11.6. The summed E-state index contributed by atoms with van der Waals surface area (Å²) >= 11 is 3.19. The molecule has 0 bridgehead atoms. The molecule has 152 valence electrons. The fourth-order valence-corrected chi connectivity index (χ4v) is 5.59. The molecule has 0 atom stereocenters.